The van der Waals surface area contributed by atoms with Gasteiger partial charge in [-0.05, 0) is 39.3 Å². The largest absolute Gasteiger partial charge is 0.478 e. The number of aromatic nitrogens is 2. The monoisotopic (exact) mass is 374 g/mol. The molecule has 146 valence electrons. The van der Waals surface area contributed by atoms with Crippen molar-refractivity contribution in [2.75, 3.05) is 25.0 Å². The van der Waals surface area contributed by atoms with Gasteiger partial charge in [0.2, 0.25) is 0 Å². The van der Waals surface area contributed by atoms with Gasteiger partial charge >= 0.3 is 12.1 Å². The fourth-order valence-electron chi connectivity index (χ4n) is 3.41. The maximum atomic E-state index is 12.3. The molecule has 1 fully saturated rings. The maximum absolute atomic E-state index is 12.3. The van der Waals surface area contributed by atoms with E-state index in [0.29, 0.717) is 12.1 Å². The molecule has 1 amide bonds. The average molecular weight is 374 g/mol. The molecule has 1 atom stereocenters. The minimum atomic E-state index is -0.991. The van der Waals surface area contributed by atoms with Crippen LogP contribution in [0.2, 0.25) is 0 Å². The van der Waals surface area contributed by atoms with E-state index in [1.165, 1.54) is 0 Å². The lowest BCUT2D eigenvalue weighted by molar-refractivity contribution is 0.0237. The molecule has 1 aromatic heterocycles. The molecule has 2 aromatic rings. The Hall–Kier alpha value is -2.77. The van der Waals surface area contributed by atoms with Gasteiger partial charge in [-0.25, -0.2) is 9.59 Å². The standard InChI is InChI=1S/C19H26N4O4/c1-19(2,3)27-18(26)22(5)12-8-9-23(10-12)15-7-6-13(17(24)25)16-14(15)11-21(4)20-16/h6-7,11-12H,8-10H2,1-5H3,(H,24,25). The number of aromatic carboxylic acids is 1. The van der Waals surface area contributed by atoms with E-state index in [1.807, 2.05) is 33.0 Å². The second-order valence-corrected chi connectivity index (χ2v) is 7.98. The van der Waals surface area contributed by atoms with Crippen molar-refractivity contribution in [3.63, 3.8) is 0 Å². The summed E-state index contributed by atoms with van der Waals surface area (Å²) in [7, 11) is 3.54. The lowest BCUT2D eigenvalue weighted by Gasteiger charge is -2.29. The predicted molar refractivity (Wildman–Crippen MR) is 102 cm³/mol. The normalized spacial score (nSPS) is 17.4. The van der Waals surface area contributed by atoms with E-state index in [-0.39, 0.29) is 17.7 Å². The van der Waals surface area contributed by atoms with Gasteiger partial charge in [0.1, 0.15) is 11.1 Å². The summed E-state index contributed by atoms with van der Waals surface area (Å²) in [5.41, 5.74) is 1.07. The van der Waals surface area contributed by atoms with E-state index in [9.17, 15) is 14.7 Å². The molecule has 0 aliphatic carbocycles. The second kappa shape index (κ2) is 6.75. The van der Waals surface area contributed by atoms with Crippen LogP contribution in [0.4, 0.5) is 10.5 Å². The topological polar surface area (TPSA) is 87.9 Å². The highest BCUT2D eigenvalue weighted by Crippen LogP contribution is 2.32. The number of ether oxygens (including phenoxy) is 1. The highest BCUT2D eigenvalue weighted by Gasteiger charge is 2.32. The Morgan fingerprint density at radius 2 is 2.04 bits per heavy atom. The van der Waals surface area contributed by atoms with Crippen molar-refractivity contribution < 1.29 is 19.4 Å². The molecule has 0 spiro atoms. The number of hydrogen-bond acceptors (Lipinski definition) is 5. The number of carbonyl (C=O) groups is 2. The summed E-state index contributed by atoms with van der Waals surface area (Å²) in [5, 5.41) is 14.5. The van der Waals surface area contributed by atoms with Crippen LogP contribution in [0, 0.1) is 0 Å². The molecule has 1 N–H and O–H groups in total. The molecule has 3 rings (SSSR count). The van der Waals surface area contributed by atoms with E-state index >= 15 is 0 Å². The van der Waals surface area contributed by atoms with Gasteiger partial charge in [-0.15, -0.1) is 0 Å². The first-order valence-corrected chi connectivity index (χ1v) is 8.97. The Morgan fingerprint density at radius 3 is 2.67 bits per heavy atom. The number of benzene rings is 1. The average Bonchev–Trinajstić information content (AvgIpc) is 3.17. The van der Waals surface area contributed by atoms with Crippen molar-refractivity contribution in [2.24, 2.45) is 7.05 Å². The van der Waals surface area contributed by atoms with E-state index in [4.69, 9.17) is 4.74 Å². The Morgan fingerprint density at radius 1 is 1.33 bits per heavy atom. The first-order valence-electron chi connectivity index (χ1n) is 8.97. The number of carboxylic acids is 1. The van der Waals surface area contributed by atoms with Crippen LogP contribution < -0.4 is 4.90 Å². The molecular formula is C19H26N4O4. The third-order valence-corrected chi connectivity index (χ3v) is 4.73. The van der Waals surface area contributed by atoms with Gasteiger partial charge in [-0.2, -0.15) is 5.10 Å². The molecule has 8 heteroatoms. The molecule has 2 heterocycles. The molecule has 0 bridgehead atoms. The van der Waals surface area contributed by atoms with Gasteiger partial charge < -0.3 is 19.6 Å². The zero-order valence-corrected chi connectivity index (χ0v) is 16.4. The van der Waals surface area contributed by atoms with Crippen molar-refractivity contribution in [3.05, 3.63) is 23.9 Å². The number of carboxylic acid groups (broad SMARTS) is 1. The molecule has 27 heavy (non-hydrogen) atoms. The molecule has 0 saturated carbocycles. The van der Waals surface area contributed by atoms with Crippen molar-refractivity contribution in [1.82, 2.24) is 14.7 Å². The van der Waals surface area contributed by atoms with Crippen LogP contribution >= 0.6 is 0 Å². The number of likely N-dealkylation sites (N-methyl/N-ethyl adjacent to an activating group) is 1. The third-order valence-electron chi connectivity index (χ3n) is 4.73. The predicted octanol–water partition coefficient (Wildman–Crippen LogP) is 2.72. The Labute approximate surface area is 158 Å². The molecule has 1 unspecified atom stereocenters. The summed E-state index contributed by atoms with van der Waals surface area (Å²) in [6.07, 6.45) is 2.32. The summed E-state index contributed by atoms with van der Waals surface area (Å²) in [4.78, 5) is 27.6. The van der Waals surface area contributed by atoms with Gasteiger partial charge in [0.25, 0.3) is 0 Å². The van der Waals surface area contributed by atoms with E-state index in [0.717, 1.165) is 24.0 Å². The van der Waals surface area contributed by atoms with Crippen LogP contribution in [-0.2, 0) is 11.8 Å². The first kappa shape index (κ1) is 19.0. The van der Waals surface area contributed by atoms with Gasteiger partial charge in [0, 0.05) is 44.5 Å². The Kier molecular flexibility index (Phi) is 4.75. The molecule has 1 aromatic carbocycles. The number of fused-ring (bicyclic) bond motifs is 1. The SMILES string of the molecule is CN(C(=O)OC(C)(C)C)C1CCN(c2ccc(C(=O)O)c3nn(C)cc23)C1. The summed E-state index contributed by atoms with van der Waals surface area (Å²) >= 11 is 0. The molecule has 1 aliphatic heterocycles. The summed E-state index contributed by atoms with van der Waals surface area (Å²) < 4.78 is 7.08. The quantitative estimate of drug-likeness (QED) is 0.889. The fraction of sp³-hybridized carbons (Fsp3) is 0.526. The number of aryl methyl sites for hydroxylation is 1. The van der Waals surface area contributed by atoms with Crippen LogP contribution in [-0.4, -0.2) is 63.6 Å². The second-order valence-electron chi connectivity index (χ2n) is 7.98. The van der Waals surface area contributed by atoms with Gasteiger partial charge in [-0.3, -0.25) is 4.68 Å². The number of carbonyl (C=O) groups excluding carboxylic acids is 1. The highest BCUT2D eigenvalue weighted by molar-refractivity contribution is 6.06. The number of nitrogens with zero attached hydrogens (tertiary/aromatic N) is 4. The van der Waals surface area contributed by atoms with Crippen molar-refractivity contribution in [3.8, 4) is 0 Å². The van der Waals surface area contributed by atoms with E-state index in [1.54, 1.807) is 29.7 Å². The van der Waals surface area contributed by atoms with Gasteiger partial charge in [-0.1, -0.05) is 0 Å². The lowest BCUT2D eigenvalue weighted by atomic mass is 10.1. The van der Waals surface area contributed by atoms with Crippen LogP contribution in [0.25, 0.3) is 10.9 Å². The molecule has 0 radical (unpaired) electrons. The van der Waals surface area contributed by atoms with Crippen molar-refractivity contribution in [2.45, 2.75) is 38.8 Å². The van der Waals surface area contributed by atoms with Crippen molar-refractivity contribution >= 4 is 28.7 Å². The lowest BCUT2D eigenvalue weighted by Crippen LogP contribution is -2.42. The Bertz CT molecular complexity index is 884. The summed E-state index contributed by atoms with van der Waals surface area (Å²) in [5.74, 6) is -0.991. The van der Waals surface area contributed by atoms with Crippen LogP contribution in [0.3, 0.4) is 0 Å². The summed E-state index contributed by atoms with van der Waals surface area (Å²) in [6, 6.07) is 3.45. The molecule has 1 saturated heterocycles. The Balaban J connectivity index is 1.82. The van der Waals surface area contributed by atoms with E-state index in [2.05, 4.69) is 10.00 Å². The maximum Gasteiger partial charge on any atom is 0.410 e. The zero-order chi connectivity index (χ0) is 19.9. The minimum absolute atomic E-state index is 0.0331. The number of hydrogen-bond donors (Lipinski definition) is 1. The van der Waals surface area contributed by atoms with E-state index < -0.39 is 11.6 Å². The van der Waals surface area contributed by atoms with Gasteiger partial charge in [0.15, 0.2) is 0 Å². The zero-order valence-electron chi connectivity index (χ0n) is 16.4. The van der Waals surface area contributed by atoms with Crippen LogP contribution in [0.15, 0.2) is 18.3 Å². The molecular weight excluding hydrogens is 348 g/mol. The number of anilines is 1. The van der Waals surface area contributed by atoms with Crippen molar-refractivity contribution in [1.29, 1.82) is 0 Å². The summed E-state index contributed by atoms with van der Waals surface area (Å²) in [6.45, 7) is 6.98. The third kappa shape index (κ3) is 3.84. The number of amides is 1. The number of rotatable bonds is 3. The van der Waals surface area contributed by atoms with Crippen LogP contribution in [0.1, 0.15) is 37.6 Å². The smallest absolute Gasteiger partial charge is 0.410 e. The highest BCUT2D eigenvalue weighted by atomic mass is 16.6. The molecule has 8 nitrogen and oxygen atoms in total. The minimum Gasteiger partial charge on any atom is -0.478 e. The van der Waals surface area contributed by atoms with Gasteiger partial charge in [0.05, 0.1) is 11.6 Å². The fourth-order valence-corrected chi connectivity index (χ4v) is 3.41. The first-order chi connectivity index (χ1) is 12.6. The van der Waals surface area contributed by atoms with Crippen LogP contribution in [0.5, 0.6) is 0 Å². The molecule has 1 aliphatic rings.